The first-order chi connectivity index (χ1) is 14.3. The second-order valence-corrected chi connectivity index (χ2v) is 6.73. The highest BCUT2D eigenvalue weighted by molar-refractivity contribution is 7.80. The van der Waals surface area contributed by atoms with Gasteiger partial charge in [0.2, 0.25) is 0 Å². The minimum atomic E-state index is -0.827. The summed E-state index contributed by atoms with van der Waals surface area (Å²) in [5.74, 6) is -2.18. The lowest BCUT2D eigenvalue weighted by atomic mass is 9.80. The van der Waals surface area contributed by atoms with Gasteiger partial charge in [0.05, 0.1) is 13.0 Å². The number of Topliss-reactive ketones (excluding diaryl/α,β-unsaturated/α-hetero) is 1. The molecular formula is C21H17N3O5S. The van der Waals surface area contributed by atoms with Crippen LogP contribution in [0.4, 0.5) is 0 Å². The van der Waals surface area contributed by atoms with E-state index in [0.717, 1.165) is 0 Å². The van der Waals surface area contributed by atoms with Crippen molar-refractivity contribution in [2.75, 3.05) is 6.61 Å². The van der Waals surface area contributed by atoms with E-state index in [4.69, 9.17) is 10.5 Å². The predicted octanol–water partition coefficient (Wildman–Crippen LogP) is 1.79. The third kappa shape index (κ3) is 4.01. The van der Waals surface area contributed by atoms with Crippen LogP contribution in [-0.4, -0.2) is 40.8 Å². The Labute approximate surface area is 177 Å². The van der Waals surface area contributed by atoms with Gasteiger partial charge in [-0.1, -0.05) is 42.5 Å². The highest BCUT2D eigenvalue weighted by Crippen LogP contribution is 2.30. The first kappa shape index (κ1) is 21.0. The summed E-state index contributed by atoms with van der Waals surface area (Å²) in [5.41, 5.74) is 8.00. The molecule has 3 rings (SSSR count). The number of esters is 1. The van der Waals surface area contributed by atoms with E-state index in [1.54, 1.807) is 25.1 Å². The molecule has 0 heterocycles. The number of hydrazone groups is 1. The number of nitrogens with one attached hydrogen (secondary N) is 1. The Hall–Kier alpha value is -3.72. The smallest absolute Gasteiger partial charge is 0.354 e. The van der Waals surface area contributed by atoms with Crippen molar-refractivity contribution < 1.29 is 23.9 Å². The number of benzene rings is 2. The quantitative estimate of drug-likeness (QED) is 0.202. The van der Waals surface area contributed by atoms with E-state index in [2.05, 4.69) is 22.7 Å². The van der Waals surface area contributed by atoms with Crippen LogP contribution in [0, 0.1) is 0 Å². The molecule has 2 aromatic carbocycles. The van der Waals surface area contributed by atoms with Gasteiger partial charge >= 0.3 is 5.97 Å². The van der Waals surface area contributed by atoms with Gasteiger partial charge in [-0.25, -0.2) is 4.79 Å². The molecule has 1 aliphatic rings. The topological polar surface area (TPSA) is 128 Å². The summed E-state index contributed by atoms with van der Waals surface area (Å²) in [7, 11) is 0. The molecule has 0 amide bonds. The van der Waals surface area contributed by atoms with E-state index in [0.29, 0.717) is 0 Å². The van der Waals surface area contributed by atoms with E-state index in [9.17, 15) is 19.2 Å². The number of ether oxygens (including phenoxy) is 1. The van der Waals surface area contributed by atoms with E-state index < -0.39 is 24.0 Å². The maximum Gasteiger partial charge on any atom is 0.354 e. The van der Waals surface area contributed by atoms with Crippen LogP contribution in [-0.2, 0) is 9.53 Å². The Balaban J connectivity index is 2.01. The second-order valence-electron chi connectivity index (χ2n) is 6.29. The molecule has 0 atom stereocenters. The minimum absolute atomic E-state index is 0.0108. The number of hydrogen-bond acceptors (Lipinski definition) is 7. The predicted molar refractivity (Wildman–Crippen MR) is 113 cm³/mol. The monoisotopic (exact) mass is 423 g/mol. The van der Waals surface area contributed by atoms with Crippen molar-refractivity contribution in [2.24, 2.45) is 10.8 Å². The molecule has 152 valence electrons. The molecule has 8 nitrogen and oxygen atoms in total. The number of hydrogen-bond donors (Lipinski definition) is 2. The van der Waals surface area contributed by atoms with Crippen LogP contribution in [0.3, 0.4) is 0 Å². The van der Waals surface area contributed by atoms with Crippen LogP contribution in [0.2, 0.25) is 0 Å². The van der Waals surface area contributed by atoms with E-state index in [-0.39, 0.29) is 51.0 Å². The summed E-state index contributed by atoms with van der Waals surface area (Å²) in [6.07, 6.45) is -0.478. The maximum atomic E-state index is 13.0. The molecule has 0 radical (unpaired) electrons. The summed E-state index contributed by atoms with van der Waals surface area (Å²) in [6.45, 7) is 1.68. The van der Waals surface area contributed by atoms with Gasteiger partial charge in [-0.05, 0) is 19.1 Å². The third-order valence-corrected chi connectivity index (χ3v) is 4.48. The highest BCUT2D eigenvalue weighted by Gasteiger charge is 2.33. The van der Waals surface area contributed by atoms with Gasteiger partial charge in [0.15, 0.2) is 28.2 Å². The van der Waals surface area contributed by atoms with Crippen molar-refractivity contribution in [3.63, 3.8) is 0 Å². The Kier molecular flexibility index (Phi) is 6.12. The fraction of sp³-hybridized carbons (Fsp3) is 0.143. The molecule has 0 aliphatic heterocycles. The lowest BCUT2D eigenvalue weighted by Gasteiger charge is -2.19. The summed E-state index contributed by atoms with van der Waals surface area (Å²) < 4.78 is 4.90. The van der Waals surface area contributed by atoms with Gasteiger partial charge in [-0.3, -0.25) is 19.8 Å². The number of thiocarbonyl (C=S) groups is 1. The fourth-order valence-electron chi connectivity index (χ4n) is 3.12. The number of fused-ring (bicyclic) bond motifs is 2. The van der Waals surface area contributed by atoms with Gasteiger partial charge in [0.25, 0.3) is 0 Å². The van der Waals surface area contributed by atoms with Crippen molar-refractivity contribution in [3.05, 3.63) is 70.3 Å². The molecule has 0 spiro atoms. The zero-order valence-corrected chi connectivity index (χ0v) is 16.7. The van der Waals surface area contributed by atoms with Gasteiger partial charge in [0.1, 0.15) is 0 Å². The molecule has 3 N–H and O–H groups in total. The Morgan fingerprint density at radius 3 is 2.30 bits per heavy atom. The fourth-order valence-corrected chi connectivity index (χ4v) is 3.16. The first-order valence-corrected chi connectivity index (χ1v) is 9.39. The van der Waals surface area contributed by atoms with Crippen molar-refractivity contribution >= 4 is 46.4 Å². The van der Waals surface area contributed by atoms with Gasteiger partial charge in [-0.15, -0.1) is 0 Å². The molecule has 0 saturated carbocycles. The van der Waals surface area contributed by atoms with Crippen LogP contribution in [0.5, 0.6) is 0 Å². The summed E-state index contributed by atoms with van der Waals surface area (Å²) in [6, 6.07) is 10.9. The molecule has 30 heavy (non-hydrogen) atoms. The molecule has 2 aromatic rings. The molecule has 0 fully saturated rings. The Morgan fingerprint density at radius 2 is 1.67 bits per heavy atom. The van der Waals surface area contributed by atoms with Crippen LogP contribution in [0.25, 0.3) is 0 Å². The summed E-state index contributed by atoms with van der Waals surface area (Å²) in [4.78, 5) is 51.0. The average molecular weight is 423 g/mol. The standard InChI is InChI=1S/C21H17N3O5S/c1-2-29-20(28)15(23-24-21(22)30)10-16(25)13-8-5-9-14-17(13)19(27)12-7-4-3-6-11(12)18(14)26/h3-9H,2,10H2,1H3,(H3,22,24,30)/b23-15-. The molecule has 0 unspecified atom stereocenters. The minimum Gasteiger partial charge on any atom is -0.461 e. The number of carbonyl (C=O) groups is 4. The van der Waals surface area contributed by atoms with Crippen molar-refractivity contribution in [2.45, 2.75) is 13.3 Å². The number of nitrogens with zero attached hydrogens (tertiary/aromatic N) is 1. The van der Waals surface area contributed by atoms with E-state index in [1.807, 2.05) is 0 Å². The van der Waals surface area contributed by atoms with Gasteiger partial charge in [0, 0.05) is 27.8 Å². The number of ketones is 3. The highest BCUT2D eigenvalue weighted by atomic mass is 32.1. The summed E-state index contributed by atoms with van der Waals surface area (Å²) >= 11 is 4.66. The SMILES string of the molecule is CCOC(=O)/C(CC(=O)c1cccc2c1C(=O)c1ccccc1C2=O)=N\NC(N)=S. The Bertz CT molecular complexity index is 1120. The van der Waals surface area contributed by atoms with Crippen LogP contribution in [0.1, 0.15) is 55.5 Å². The lowest BCUT2D eigenvalue weighted by Crippen LogP contribution is -2.30. The average Bonchev–Trinajstić information content (AvgIpc) is 2.74. The molecule has 1 aliphatic carbocycles. The van der Waals surface area contributed by atoms with Crippen LogP contribution in [0.15, 0.2) is 47.6 Å². The molecule has 0 saturated heterocycles. The molecular weight excluding hydrogens is 406 g/mol. The molecule has 0 aromatic heterocycles. The van der Waals surface area contributed by atoms with Gasteiger partial charge < -0.3 is 10.5 Å². The van der Waals surface area contributed by atoms with Crippen LogP contribution >= 0.6 is 12.2 Å². The zero-order chi connectivity index (χ0) is 21.8. The van der Waals surface area contributed by atoms with Crippen molar-refractivity contribution in [1.82, 2.24) is 5.43 Å². The normalized spacial score (nSPS) is 12.6. The summed E-state index contributed by atoms with van der Waals surface area (Å²) in [5, 5.41) is 3.55. The van der Waals surface area contributed by atoms with E-state index >= 15 is 0 Å². The third-order valence-electron chi connectivity index (χ3n) is 4.39. The maximum absolute atomic E-state index is 13.0. The van der Waals surface area contributed by atoms with Crippen molar-refractivity contribution in [1.29, 1.82) is 0 Å². The zero-order valence-electron chi connectivity index (χ0n) is 15.9. The first-order valence-electron chi connectivity index (χ1n) is 8.98. The Morgan fingerprint density at radius 1 is 1.03 bits per heavy atom. The largest absolute Gasteiger partial charge is 0.461 e. The van der Waals surface area contributed by atoms with Crippen LogP contribution < -0.4 is 11.2 Å². The molecule has 9 heteroatoms. The lowest BCUT2D eigenvalue weighted by molar-refractivity contribution is -0.135. The van der Waals surface area contributed by atoms with Gasteiger partial charge in [-0.2, -0.15) is 5.10 Å². The number of nitrogens with two attached hydrogens (primary N) is 1. The number of carbonyl (C=O) groups excluding carboxylic acids is 4. The molecule has 0 bridgehead atoms. The number of rotatable bonds is 6. The van der Waals surface area contributed by atoms with Crippen molar-refractivity contribution in [3.8, 4) is 0 Å². The van der Waals surface area contributed by atoms with E-state index in [1.165, 1.54) is 24.3 Å². The second kappa shape index (κ2) is 8.75.